The fraction of sp³-hybridized carbons (Fsp3) is 0.150. The fourth-order valence-corrected chi connectivity index (χ4v) is 3.74. The van der Waals surface area contributed by atoms with Crippen LogP contribution in [0.25, 0.3) is 10.9 Å². The van der Waals surface area contributed by atoms with Gasteiger partial charge in [0, 0.05) is 27.3 Å². The van der Waals surface area contributed by atoms with E-state index in [0.717, 1.165) is 26.6 Å². The molecule has 0 radical (unpaired) electrons. The second kappa shape index (κ2) is 8.81. The lowest BCUT2D eigenvalue weighted by atomic mass is 10.1. The Hall–Kier alpha value is -2.62. The van der Waals surface area contributed by atoms with Gasteiger partial charge in [-0.05, 0) is 42.3 Å². The first-order chi connectivity index (χ1) is 14.1. The van der Waals surface area contributed by atoms with Gasteiger partial charge in [0.05, 0.1) is 11.8 Å². The van der Waals surface area contributed by atoms with Gasteiger partial charge in [-0.15, -0.1) is 10.2 Å². The Morgan fingerprint density at radius 2 is 2.00 bits per heavy atom. The maximum absolute atomic E-state index is 12.1. The summed E-state index contributed by atoms with van der Waals surface area (Å²) in [5, 5.41) is 12.3. The Labute approximate surface area is 179 Å². The third-order valence-electron chi connectivity index (χ3n) is 4.31. The number of H-pyrrole nitrogens is 1. The summed E-state index contributed by atoms with van der Waals surface area (Å²) in [7, 11) is 0. The van der Waals surface area contributed by atoms with E-state index in [1.54, 1.807) is 0 Å². The first-order valence-corrected chi connectivity index (χ1v) is 10.7. The predicted octanol–water partition coefficient (Wildman–Crippen LogP) is 4.29. The van der Waals surface area contributed by atoms with Crippen LogP contribution in [0.1, 0.15) is 17.5 Å². The van der Waals surface area contributed by atoms with Gasteiger partial charge in [-0.2, -0.15) is 0 Å². The molecule has 0 saturated heterocycles. The summed E-state index contributed by atoms with van der Waals surface area (Å²) in [5.41, 5.74) is 9.14. The van der Waals surface area contributed by atoms with Gasteiger partial charge in [0.25, 0.3) is 5.22 Å². The molecule has 0 saturated carbocycles. The molecule has 1 amide bonds. The lowest BCUT2D eigenvalue weighted by molar-refractivity contribution is -0.113. The quantitative estimate of drug-likeness (QED) is 0.346. The minimum atomic E-state index is -0.423. The zero-order chi connectivity index (χ0) is 20.2. The molecule has 0 spiro atoms. The first kappa shape index (κ1) is 19.7. The molecule has 148 valence electrons. The van der Waals surface area contributed by atoms with E-state index in [1.165, 1.54) is 11.8 Å². The summed E-state index contributed by atoms with van der Waals surface area (Å²) in [4.78, 5) is 15.3. The summed E-state index contributed by atoms with van der Waals surface area (Å²) in [5.74, 6) is 0.362. The van der Waals surface area contributed by atoms with E-state index in [0.29, 0.717) is 17.5 Å². The van der Waals surface area contributed by atoms with Crippen molar-refractivity contribution < 1.29 is 9.21 Å². The number of carbonyl (C=O) groups is 1. The van der Waals surface area contributed by atoms with E-state index in [2.05, 4.69) is 36.4 Å². The number of thioether (sulfide) groups is 1. The van der Waals surface area contributed by atoms with E-state index in [4.69, 9.17) is 10.2 Å². The molecular formula is C20H18BrN5O2S. The highest BCUT2D eigenvalue weighted by Gasteiger charge is 2.18. The summed E-state index contributed by atoms with van der Waals surface area (Å²) >= 11 is 4.54. The van der Waals surface area contributed by atoms with Crippen LogP contribution in [0, 0.1) is 0 Å². The highest BCUT2D eigenvalue weighted by atomic mass is 79.9. The third-order valence-corrected chi connectivity index (χ3v) is 5.66. The Kier molecular flexibility index (Phi) is 5.98. The second-order valence-corrected chi connectivity index (χ2v) is 8.26. The topological polar surface area (TPSA) is 110 Å². The Balaban J connectivity index is 1.33. The molecule has 1 atom stereocenters. The number of hydrogen-bond acceptors (Lipinski definition) is 6. The van der Waals surface area contributed by atoms with Crippen molar-refractivity contribution in [2.45, 2.75) is 17.7 Å². The van der Waals surface area contributed by atoms with Crippen molar-refractivity contribution >= 4 is 50.2 Å². The standard InChI is InChI=1S/C20H18BrN5O2S/c21-13-5-7-14(8-6-13)24-18(27)11-29-20-26-25-19(28-20)16(22)9-12-10-23-17-4-2-1-3-15(12)17/h1-8,10,16,23H,9,11,22H2,(H,24,27). The van der Waals surface area contributed by atoms with Gasteiger partial charge in [-0.1, -0.05) is 45.9 Å². The number of para-hydroxylation sites is 1. The van der Waals surface area contributed by atoms with Crippen LogP contribution in [0.4, 0.5) is 5.69 Å². The first-order valence-electron chi connectivity index (χ1n) is 8.90. The van der Waals surface area contributed by atoms with Crippen LogP contribution in [0.3, 0.4) is 0 Å². The van der Waals surface area contributed by atoms with E-state index < -0.39 is 6.04 Å². The number of nitrogens with zero attached hydrogens (tertiary/aromatic N) is 2. The number of fused-ring (bicyclic) bond motifs is 1. The van der Waals surface area contributed by atoms with Gasteiger partial charge < -0.3 is 20.5 Å². The van der Waals surface area contributed by atoms with Gasteiger partial charge in [0.15, 0.2) is 0 Å². The van der Waals surface area contributed by atoms with Gasteiger partial charge in [0.2, 0.25) is 11.8 Å². The summed E-state index contributed by atoms with van der Waals surface area (Å²) in [6.45, 7) is 0. The van der Waals surface area contributed by atoms with Crippen molar-refractivity contribution in [1.82, 2.24) is 15.2 Å². The van der Waals surface area contributed by atoms with Crippen molar-refractivity contribution in [2.75, 3.05) is 11.1 Å². The molecule has 7 nitrogen and oxygen atoms in total. The molecule has 0 fully saturated rings. The number of halogens is 1. The average Bonchev–Trinajstić information content (AvgIpc) is 3.36. The monoisotopic (exact) mass is 471 g/mol. The highest BCUT2D eigenvalue weighted by Crippen LogP contribution is 2.25. The minimum Gasteiger partial charge on any atom is -0.414 e. The molecule has 2 aromatic carbocycles. The van der Waals surface area contributed by atoms with Crippen molar-refractivity contribution in [3.63, 3.8) is 0 Å². The van der Waals surface area contributed by atoms with Gasteiger partial charge in [-0.25, -0.2) is 0 Å². The molecule has 0 aliphatic rings. The van der Waals surface area contributed by atoms with E-state index in [9.17, 15) is 4.79 Å². The number of hydrogen-bond donors (Lipinski definition) is 3. The number of nitrogens with one attached hydrogen (secondary N) is 2. The van der Waals surface area contributed by atoms with Crippen LogP contribution >= 0.6 is 27.7 Å². The maximum atomic E-state index is 12.1. The average molecular weight is 472 g/mol. The van der Waals surface area contributed by atoms with Crippen LogP contribution < -0.4 is 11.1 Å². The summed E-state index contributed by atoms with van der Waals surface area (Å²) in [6.07, 6.45) is 2.52. The number of rotatable bonds is 7. The molecule has 29 heavy (non-hydrogen) atoms. The van der Waals surface area contributed by atoms with Crippen LogP contribution in [-0.2, 0) is 11.2 Å². The maximum Gasteiger partial charge on any atom is 0.277 e. The molecule has 9 heteroatoms. The van der Waals surface area contributed by atoms with Gasteiger partial charge in [-0.3, -0.25) is 4.79 Å². The minimum absolute atomic E-state index is 0.153. The van der Waals surface area contributed by atoms with E-state index >= 15 is 0 Å². The van der Waals surface area contributed by atoms with Crippen molar-refractivity contribution in [2.24, 2.45) is 5.73 Å². The Bertz CT molecular complexity index is 1130. The fourth-order valence-electron chi connectivity index (χ4n) is 2.91. The van der Waals surface area contributed by atoms with E-state index in [-0.39, 0.29) is 11.7 Å². The molecule has 2 heterocycles. The number of aromatic amines is 1. The molecule has 4 rings (SSSR count). The lowest BCUT2D eigenvalue weighted by Crippen LogP contribution is -2.14. The van der Waals surface area contributed by atoms with Crippen LogP contribution in [-0.4, -0.2) is 26.8 Å². The molecule has 0 aliphatic heterocycles. The highest BCUT2D eigenvalue weighted by molar-refractivity contribution is 9.10. The van der Waals surface area contributed by atoms with Crippen molar-refractivity contribution in [3.05, 3.63) is 70.7 Å². The number of aromatic nitrogens is 3. The van der Waals surface area contributed by atoms with E-state index in [1.807, 2.05) is 54.7 Å². The number of benzene rings is 2. The number of nitrogens with two attached hydrogens (primary N) is 1. The molecule has 4 aromatic rings. The second-order valence-electron chi connectivity index (χ2n) is 6.42. The molecule has 0 bridgehead atoms. The third kappa shape index (κ3) is 4.87. The van der Waals surface area contributed by atoms with Gasteiger partial charge >= 0.3 is 0 Å². The SMILES string of the molecule is NC(Cc1c[nH]c2ccccc12)c1nnc(SCC(=O)Nc2ccc(Br)cc2)o1. The molecule has 4 N–H and O–H groups in total. The predicted molar refractivity (Wildman–Crippen MR) is 117 cm³/mol. The molecular weight excluding hydrogens is 454 g/mol. The van der Waals surface area contributed by atoms with Crippen LogP contribution in [0.5, 0.6) is 0 Å². The zero-order valence-electron chi connectivity index (χ0n) is 15.3. The summed E-state index contributed by atoms with van der Waals surface area (Å²) in [6, 6.07) is 15.0. The van der Waals surface area contributed by atoms with Crippen LogP contribution in [0.15, 0.2) is 68.8 Å². The van der Waals surface area contributed by atoms with Crippen molar-refractivity contribution in [1.29, 1.82) is 0 Å². The zero-order valence-corrected chi connectivity index (χ0v) is 17.7. The van der Waals surface area contributed by atoms with Crippen LogP contribution in [0.2, 0.25) is 0 Å². The summed E-state index contributed by atoms with van der Waals surface area (Å²) < 4.78 is 6.59. The Morgan fingerprint density at radius 1 is 1.21 bits per heavy atom. The molecule has 2 aromatic heterocycles. The normalized spacial score (nSPS) is 12.2. The number of anilines is 1. The molecule has 0 aliphatic carbocycles. The number of carbonyl (C=O) groups excluding carboxylic acids is 1. The lowest BCUT2D eigenvalue weighted by Gasteiger charge is -2.06. The van der Waals surface area contributed by atoms with Crippen molar-refractivity contribution in [3.8, 4) is 0 Å². The Morgan fingerprint density at radius 3 is 2.83 bits per heavy atom. The number of amides is 1. The molecule has 1 unspecified atom stereocenters. The largest absolute Gasteiger partial charge is 0.414 e. The smallest absolute Gasteiger partial charge is 0.277 e. The van der Waals surface area contributed by atoms with Gasteiger partial charge in [0.1, 0.15) is 0 Å².